The lowest BCUT2D eigenvalue weighted by Crippen LogP contribution is -2.58. The number of nitrogens with zero attached hydrogens (tertiary/aromatic N) is 6. The molecule has 0 saturated carbocycles. The van der Waals surface area contributed by atoms with E-state index in [0.717, 1.165) is 23.9 Å². The summed E-state index contributed by atoms with van der Waals surface area (Å²) in [5.74, 6) is 0. The maximum absolute atomic E-state index is 11.9. The first-order chi connectivity index (χ1) is 10.2. The van der Waals surface area contributed by atoms with E-state index in [1.807, 2.05) is 0 Å². The van der Waals surface area contributed by atoms with Gasteiger partial charge in [-0.1, -0.05) is 0 Å². The summed E-state index contributed by atoms with van der Waals surface area (Å²) >= 11 is 0. The van der Waals surface area contributed by atoms with Gasteiger partial charge in [-0.3, -0.25) is 0 Å². The number of nitrogens with one attached hydrogen (secondary N) is 2. The quantitative estimate of drug-likeness (QED) is 0.519. The molecule has 22 heavy (non-hydrogen) atoms. The molecule has 2 atom stereocenters. The van der Waals surface area contributed by atoms with E-state index in [0.29, 0.717) is 10.0 Å². The van der Waals surface area contributed by atoms with Crippen LogP contribution in [0.2, 0.25) is 0 Å². The predicted molar refractivity (Wildman–Crippen MR) is 72.7 cm³/mol. The second-order valence-corrected chi connectivity index (χ2v) is 4.50. The molecule has 122 valence electrons. The van der Waals surface area contributed by atoms with E-state index in [9.17, 15) is 24.2 Å². The van der Waals surface area contributed by atoms with E-state index in [2.05, 4.69) is 21.2 Å². The summed E-state index contributed by atoms with van der Waals surface area (Å²) in [5, 5.41) is 10.6. The van der Waals surface area contributed by atoms with Crippen LogP contribution in [0.15, 0.2) is 10.6 Å². The molecule has 1 saturated heterocycles. The van der Waals surface area contributed by atoms with E-state index in [1.165, 1.54) is 14.1 Å². The minimum Gasteiger partial charge on any atom is -0.312 e. The average molecular weight is 316 g/mol. The smallest absolute Gasteiger partial charge is 0.312 e. The van der Waals surface area contributed by atoms with Crippen LogP contribution in [-0.2, 0) is 0 Å². The van der Waals surface area contributed by atoms with Crippen LogP contribution >= 0.6 is 0 Å². The molecule has 1 heterocycles. The van der Waals surface area contributed by atoms with Crippen LogP contribution in [0.1, 0.15) is 0 Å². The molecule has 0 aliphatic carbocycles. The van der Waals surface area contributed by atoms with E-state index in [-0.39, 0.29) is 0 Å². The van der Waals surface area contributed by atoms with Crippen molar-refractivity contribution >= 4 is 18.1 Å². The Morgan fingerprint density at radius 3 is 1.55 bits per heavy atom. The normalized spacial score (nSPS) is 20.5. The van der Waals surface area contributed by atoms with Crippen LogP contribution in [0.3, 0.4) is 0 Å². The van der Waals surface area contributed by atoms with Crippen LogP contribution in [0.25, 0.3) is 0 Å². The van der Waals surface area contributed by atoms with Gasteiger partial charge in [0, 0.05) is 28.2 Å². The molecule has 6 amide bonds. The van der Waals surface area contributed by atoms with E-state index in [1.54, 1.807) is 0 Å². The molecule has 2 N–H and O–H groups in total. The largest absolute Gasteiger partial charge is 0.341 e. The van der Waals surface area contributed by atoms with E-state index < -0.39 is 30.4 Å². The van der Waals surface area contributed by atoms with E-state index >= 15 is 0 Å². The minimum atomic E-state index is -0.974. The molecular formula is C9H16N8O5. The van der Waals surface area contributed by atoms with Crippen molar-refractivity contribution in [2.75, 3.05) is 28.2 Å². The molecule has 0 aromatic carbocycles. The van der Waals surface area contributed by atoms with Gasteiger partial charge >= 0.3 is 18.1 Å². The molecule has 0 spiro atoms. The number of likely N-dealkylation sites (N-methyl/N-ethyl adjacent to an activating group) is 2. The summed E-state index contributed by atoms with van der Waals surface area (Å²) in [6.07, 6.45) is -1.95. The monoisotopic (exact) mass is 316 g/mol. The highest BCUT2D eigenvalue weighted by Gasteiger charge is 2.44. The number of hydrogen-bond donors (Lipinski definition) is 2. The summed E-state index contributed by atoms with van der Waals surface area (Å²) in [5.41, 5.74) is 0. The van der Waals surface area contributed by atoms with Crippen LogP contribution in [0.5, 0.6) is 0 Å². The van der Waals surface area contributed by atoms with Gasteiger partial charge in [0.1, 0.15) is 12.3 Å². The fourth-order valence-corrected chi connectivity index (χ4v) is 1.78. The van der Waals surface area contributed by atoms with Crippen molar-refractivity contribution in [3.05, 3.63) is 9.81 Å². The Morgan fingerprint density at radius 1 is 0.955 bits per heavy atom. The number of nitroso groups, excluding NO2 is 2. The third-order valence-corrected chi connectivity index (χ3v) is 3.11. The standard InChI is InChI=1S/C9H16N8O5/c1-14-5(10-7(18)16(3)12-21)6(15(2)9(14)20)11-8(19)17(4)13-22/h5-6H,1-4H3,(H,10,18)(H,11,19). The first-order valence-electron chi connectivity index (χ1n) is 5.99. The molecule has 1 fully saturated rings. The topological polar surface area (TPSA) is 147 Å². The van der Waals surface area contributed by atoms with Gasteiger partial charge < -0.3 is 20.4 Å². The zero-order valence-electron chi connectivity index (χ0n) is 12.4. The Balaban J connectivity index is 2.92. The van der Waals surface area contributed by atoms with Gasteiger partial charge in [-0.05, 0) is 0 Å². The Bertz CT molecular complexity index is 456. The average Bonchev–Trinajstić information content (AvgIpc) is 2.70. The maximum Gasteiger partial charge on any atom is 0.341 e. The number of rotatable bonds is 4. The lowest BCUT2D eigenvalue weighted by molar-refractivity contribution is 0.167. The Morgan fingerprint density at radius 2 is 1.27 bits per heavy atom. The van der Waals surface area contributed by atoms with Crippen LogP contribution in [-0.4, -0.2) is 78.4 Å². The SMILES string of the molecule is CN(N=O)C(=O)NC1C(NC(=O)N(C)N=O)N(C)C(=O)N1C. The highest BCUT2D eigenvalue weighted by atomic mass is 16.3. The Labute approximate surface area is 125 Å². The minimum absolute atomic E-state index is 0.487. The van der Waals surface area contributed by atoms with Crippen molar-refractivity contribution in [3.8, 4) is 0 Å². The number of urea groups is 3. The summed E-state index contributed by atoms with van der Waals surface area (Å²) in [6.45, 7) is 0. The van der Waals surface area contributed by atoms with Gasteiger partial charge in [0.05, 0.1) is 10.6 Å². The lowest BCUT2D eigenvalue weighted by Gasteiger charge is -2.27. The van der Waals surface area contributed by atoms with Crippen molar-refractivity contribution in [2.24, 2.45) is 10.6 Å². The first-order valence-corrected chi connectivity index (χ1v) is 5.99. The second-order valence-electron chi connectivity index (χ2n) is 4.50. The van der Waals surface area contributed by atoms with Crippen LogP contribution in [0, 0.1) is 9.81 Å². The third kappa shape index (κ3) is 3.18. The number of amides is 6. The summed E-state index contributed by atoms with van der Waals surface area (Å²) in [7, 11) is 5.04. The fraction of sp³-hybridized carbons (Fsp3) is 0.667. The summed E-state index contributed by atoms with van der Waals surface area (Å²) < 4.78 is 0. The molecule has 0 aromatic heterocycles. The summed E-state index contributed by atoms with van der Waals surface area (Å²) in [6, 6.07) is -2.22. The summed E-state index contributed by atoms with van der Waals surface area (Å²) in [4.78, 5) is 58.2. The number of carbonyl (C=O) groups is 3. The van der Waals surface area contributed by atoms with Gasteiger partial charge in [-0.15, -0.1) is 9.81 Å². The molecule has 0 radical (unpaired) electrons. The molecule has 13 heteroatoms. The predicted octanol–water partition coefficient (Wildman–Crippen LogP) is -0.719. The molecule has 2 unspecified atom stereocenters. The zero-order valence-corrected chi connectivity index (χ0v) is 12.4. The van der Waals surface area contributed by atoms with Gasteiger partial charge in [-0.2, -0.15) is 10.0 Å². The molecule has 1 aliphatic rings. The van der Waals surface area contributed by atoms with E-state index in [4.69, 9.17) is 0 Å². The van der Waals surface area contributed by atoms with Crippen molar-refractivity contribution in [1.82, 2.24) is 30.5 Å². The Kier molecular flexibility index (Phi) is 5.15. The molecule has 13 nitrogen and oxygen atoms in total. The highest BCUT2D eigenvalue weighted by Crippen LogP contribution is 2.16. The van der Waals surface area contributed by atoms with Crippen LogP contribution in [0.4, 0.5) is 14.4 Å². The number of carbonyl (C=O) groups excluding carboxylic acids is 3. The maximum atomic E-state index is 11.9. The molecule has 0 aromatic rings. The van der Waals surface area contributed by atoms with Gasteiger partial charge in [0.15, 0.2) is 0 Å². The van der Waals surface area contributed by atoms with Gasteiger partial charge in [0.25, 0.3) is 0 Å². The molecule has 1 rings (SSSR count). The van der Waals surface area contributed by atoms with Crippen molar-refractivity contribution < 1.29 is 14.4 Å². The number of hydrogen-bond acceptors (Lipinski definition) is 7. The second kappa shape index (κ2) is 6.64. The fourth-order valence-electron chi connectivity index (χ4n) is 1.78. The van der Waals surface area contributed by atoms with Crippen molar-refractivity contribution in [2.45, 2.75) is 12.3 Å². The molecular weight excluding hydrogens is 300 g/mol. The highest BCUT2D eigenvalue weighted by molar-refractivity contribution is 5.82. The third-order valence-electron chi connectivity index (χ3n) is 3.11. The zero-order chi connectivity index (χ0) is 17.0. The van der Waals surface area contributed by atoms with Crippen molar-refractivity contribution in [1.29, 1.82) is 0 Å². The van der Waals surface area contributed by atoms with Gasteiger partial charge in [-0.25, -0.2) is 14.4 Å². The molecule has 0 bridgehead atoms. The Hall–Kier alpha value is -2.99. The van der Waals surface area contributed by atoms with Gasteiger partial charge in [0.2, 0.25) is 0 Å². The lowest BCUT2D eigenvalue weighted by atomic mass is 10.3. The first kappa shape index (κ1) is 17.1. The van der Waals surface area contributed by atoms with Crippen LogP contribution < -0.4 is 10.6 Å². The molecule has 1 aliphatic heterocycles. The van der Waals surface area contributed by atoms with Crippen molar-refractivity contribution in [3.63, 3.8) is 0 Å².